The number of carbonyl (C=O) groups is 2. The zero-order valence-electron chi connectivity index (χ0n) is 10.9. The van der Waals surface area contributed by atoms with Gasteiger partial charge in [0.15, 0.2) is 0 Å². The number of imide groups is 1. The SMILES string of the molecule is N#Cc1cc(F)c(N2C(=O)C3=C(CCCC3)C2=O)cc1F. The highest BCUT2D eigenvalue weighted by Crippen LogP contribution is 2.36. The summed E-state index contributed by atoms with van der Waals surface area (Å²) in [5, 5.41) is 8.66. The normalized spacial score (nSPS) is 18.0. The largest absolute Gasteiger partial charge is 0.269 e. The van der Waals surface area contributed by atoms with Gasteiger partial charge in [-0.05, 0) is 31.7 Å². The number of rotatable bonds is 1. The molecule has 0 N–H and O–H groups in total. The third kappa shape index (κ3) is 1.93. The minimum Gasteiger partial charge on any atom is -0.269 e. The zero-order valence-corrected chi connectivity index (χ0v) is 10.9. The average Bonchev–Trinajstić information content (AvgIpc) is 2.74. The second-order valence-electron chi connectivity index (χ2n) is 5.01. The maximum atomic E-state index is 14.0. The summed E-state index contributed by atoms with van der Waals surface area (Å²) < 4.78 is 27.7. The molecule has 4 nitrogen and oxygen atoms in total. The molecule has 0 aromatic heterocycles. The fourth-order valence-corrected chi connectivity index (χ4v) is 2.75. The molecule has 1 aliphatic carbocycles. The van der Waals surface area contributed by atoms with Crippen molar-refractivity contribution in [3.8, 4) is 6.07 Å². The molecule has 2 amide bonds. The maximum Gasteiger partial charge on any atom is 0.261 e. The van der Waals surface area contributed by atoms with Gasteiger partial charge in [0, 0.05) is 17.2 Å². The maximum absolute atomic E-state index is 14.0. The Balaban J connectivity index is 2.07. The molecule has 1 heterocycles. The predicted molar refractivity (Wildman–Crippen MR) is 69.1 cm³/mol. The van der Waals surface area contributed by atoms with E-state index in [0.717, 1.165) is 18.9 Å². The minimum atomic E-state index is -0.963. The van der Waals surface area contributed by atoms with E-state index >= 15 is 0 Å². The van der Waals surface area contributed by atoms with Crippen LogP contribution in [0.5, 0.6) is 0 Å². The van der Waals surface area contributed by atoms with Crippen molar-refractivity contribution in [2.75, 3.05) is 4.90 Å². The summed E-state index contributed by atoms with van der Waals surface area (Å²) in [6, 6.07) is 2.93. The summed E-state index contributed by atoms with van der Waals surface area (Å²) in [6.07, 6.45) is 2.57. The smallest absolute Gasteiger partial charge is 0.261 e. The first-order valence-corrected chi connectivity index (χ1v) is 6.54. The van der Waals surface area contributed by atoms with Crippen LogP contribution in [0.4, 0.5) is 14.5 Å². The summed E-state index contributed by atoms with van der Waals surface area (Å²) in [5.74, 6) is -3.09. The number of nitriles is 1. The van der Waals surface area contributed by atoms with Crippen molar-refractivity contribution in [1.29, 1.82) is 5.26 Å². The number of anilines is 1. The van der Waals surface area contributed by atoms with Crippen molar-refractivity contribution in [3.05, 3.63) is 40.5 Å². The molecule has 0 spiro atoms. The third-order valence-corrected chi connectivity index (χ3v) is 3.79. The van der Waals surface area contributed by atoms with Crippen LogP contribution >= 0.6 is 0 Å². The summed E-state index contributed by atoms with van der Waals surface area (Å²) in [4.78, 5) is 25.2. The van der Waals surface area contributed by atoms with Crippen LogP contribution in [0.15, 0.2) is 23.3 Å². The van der Waals surface area contributed by atoms with Crippen LogP contribution < -0.4 is 4.90 Å². The van der Waals surface area contributed by atoms with Gasteiger partial charge in [0.25, 0.3) is 11.8 Å². The summed E-state index contributed by atoms with van der Waals surface area (Å²) in [5.41, 5.74) is -0.102. The van der Waals surface area contributed by atoms with Crippen molar-refractivity contribution in [2.24, 2.45) is 0 Å². The first-order valence-electron chi connectivity index (χ1n) is 6.54. The van der Waals surface area contributed by atoms with E-state index in [1.165, 1.54) is 6.07 Å². The summed E-state index contributed by atoms with van der Waals surface area (Å²) in [7, 11) is 0. The van der Waals surface area contributed by atoms with Crippen molar-refractivity contribution in [2.45, 2.75) is 25.7 Å². The summed E-state index contributed by atoms with van der Waals surface area (Å²) >= 11 is 0. The number of hydrogen-bond acceptors (Lipinski definition) is 3. The third-order valence-electron chi connectivity index (χ3n) is 3.79. The summed E-state index contributed by atoms with van der Waals surface area (Å²) in [6.45, 7) is 0. The van der Waals surface area contributed by atoms with Crippen LogP contribution in [-0.4, -0.2) is 11.8 Å². The molecule has 1 aliphatic heterocycles. The molecule has 21 heavy (non-hydrogen) atoms. The lowest BCUT2D eigenvalue weighted by Gasteiger charge is -2.16. The van der Waals surface area contributed by atoms with Crippen LogP contribution in [-0.2, 0) is 9.59 Å². The molecule has 0 saturated heterocycles. The monoisotopic (exact) mass is 288 g/mol. The highest BCUT2D eigenvalue weighted by molar-refractivity contribution is 6.33. The Morgan fingerprint density at radius 2 is 1.57 bits per heavy atom. The molecule has 1 aromatic rings. The molecule has 0 atom stereocenters. The molecule has 6 heteroatoms. The number of carbonyl (C=O) groups excluding carboxylic acids is 2. The number of amides is 2. The lowest BCUT2D eigenvalue weighted by molar-refractivity contribution is -0.120. The van der Waals surface area contributed by atoms with Crippen LogP contribution in [0.2, 0.25) is 0 Å². The molecular formula is C15H10F2N2O2. The average molecular weight is 288 g/mol. The van der Waals surface area contributed by atoms with Crippen LogP contribution in [0.3, 0.4) is 0 Å². The molecule has 106 valence electrons. The Morgan fingerprint density at radius 1 is 1.00 bits per heavy atom. The van der Waals surface area contributed by atoms with E-state index in [4.69, 9.17) is 5.26 Å². The lowest BCUT2D eigenvalue weighted by Crippen LogP contribution is -2.32. The van der Waals surface area contributed by atoms with Gasteiger partial charge in [0.2, 0.25) is 0 Å². The second-order valence-corrected chi connectivity index (χ2v) is 5.01. The van der Waals surface area contributed by atoms with Gasteiger partial charge < -0.3 is 0 Å². The molecule has 0 bridgehead atoms. The molecule has 1 aromatic carbocycles. The van der Waals surface area contributed by atoms with Gasteiger partial charge in [-0.1, -0.05) is 0 Å². The molecule has 0 radical (unpaired) electrons. The van der Waals surface area contributed by atoms with Crippen molar-refractivity contribution in [3.63, 3.8) is 0 Å². The standard InChI is InChI=1S/C15H10F2N2O2/c16-11-6-13(12(17)5-8(11)7-18)19-14(20)9-3-1-2-4-10(9)15(19)21/h5-6H,1-4H2. The van der Waals surface area contributed by atoms with Gasteiger partial charge in [0.05, 0.1) is 11.3 Å². The van der Waals surface area contributed by atoms with Gasteiger partial charge in [-0.25, -0.2) is 13.7 Å². The van der Waals surface area contributed by atoms with E-state index in [9.17, 15) is 18.4 Å². The number of nitrogens with zero attached hydrogens (tertiary/aromatic N) is 2. The molecule has 0 fully saturated rings. The molecule has 2 aliphatic rings. The van der Waals surface area contributed by atoms with Crippen molar-refractivity contribution < 1.29 is 18.4 Å². The topological polar surface area (TPSA) is 61.2 Å². The van der Waals surface area contributed by atoms with E-state index in [0.29, 0.717) is 35.0 Å². The van der Waals surface area contributed by atoms with Crippen LogP contribution in [0.1, 0.15) is 31.2 Å². The fourth-order valence-electron chi connectivity index (χ4n) is 2.75. The van der Waals surface area contributed by atoms with E-state index in [-0.39, 0.29) is 0 Å². The first kappa shape index (κ1) is 13.4. The highest BCUT2D eigenvalue weighted by atomic mass is 19.1. The molecule has 0 unspecified atom stereocenters. The number of halogens is 2. The van der Waals surface area contributed by atoms with Gasteiger partial charge in [0.1, 0.15) is 17.7 Å². The van der Waals surface area contributed by atoms with E-state index in [1.54, 1.807) is 0 Å². The van der Waals surface area contributed by atoms with Gasteiger partial charge in [-0.15, -0.1) is 0 Å². The second kappa shape index (κ2) is 4.77. The van der Waals surface area contributed by atoms with Gasteiger partial charge in [-0.3, -0.25) is 9.59 Å². The Kier molecular flexibility index (Phi) is 3.05. The number of benzene rings is 1. The highest BCUT2D eigenvalue weighted by Gasteiger charge is 2.41. The quantitative estimate of drug-likeness (QED) is 0.746. The molecule has 0 saturated carbocycles. The van der Waals surface area contributed by atoms with Crippen LogP contribution in [0.25, 0.3) is 0 Å². The Morgan fingerprint density at radius 3 is 2.10 bits per heavy atom. The van der Waals surface area contributed by atoms with Crippen LogP contribution in [0, 0.1) is 23.0 Å². The van der Waals surface area contributed by atoms with Gasteiger partial charge >= 0.3 is 0 Å². The number of hydrogen-bond donors (Lipinski definition) is 0. The zero-order chi connectivity index (χ0) is 15.1. The van der Waals surface area contributed by atoms with E-state index < -0.39 is 34.7 Å². The Bertz CT molecular complexity index is 719. The molecular weight excluding hydrogens is 278 g/mol. The Hall–Kier alpha value is -2.55. The molecule has 3 rings (SSSR count). The van der Waals surface area contributed by atoms with Crippen molar-refractivity contribution >= 4 is 17.5 Å². The Labute approximate surface area is 119 Å². The van der Waals surface area contributed by atoms with Crippen molar-refractivity contribution in [1.82, 2.24) is 0 Å². The predicted octanol–water partition coefficient (Wildman–Crippen LogP) is 2.58. The lowest BCUT2D eigenvalue weighted by atomic mass is 9.93. The van der Waals surface area contributed by atoms with E-state index in [2.05, 4.69) is 0 Å². The van der Waals surface area contributed by atoms with E-state index in [1.807, 2.05) is 0 Å². The fraction of sp³-hybridized carbons (Fsp3) is 0.267. The van der Waals surface area contributed by atoms with Gasteiger partial charge in [-0.2, -0.15) is 5.26 Å². The first-order chi connectivity index (χ1) is 10.0. The minimum absolute atomic E-state index is 0.399.